The number of nitrogens with two attached hydrogens (primary N) is 1. The molecule has 2 aromatic rings. The topological polar surface area (TPSA) is 149 Å². The normalized spacial score (nSPS) is 16.9. The monoisotopic (exact) mass is 451 g/mol. The van der Waals surface area contributed by atoms with Gasteiger partial charge in [-0.15, -0.1) is 0 Å². The van der Waals surface area contributed by atoms with Crippen LogP contribution >= 0.6 is 0 Å². The van der Waals surface area contributed by atoms with Gasteiger partial charge >= 0.3 is 0 Å². The van der Waals surface area contributed by atoms with Crippen LogP contribution in [0.25, 0.3) is 0 Å². The summed E-state index contributed by atoms with van der Waals surface area (Å²) in [5.74, 6) is -1.83. The van der Waals surface area contributed by atoms with Crippen molar-refractivity contribution < 1.29 is 36.7 Å². The van der Waals surface area contributed by atoms with E-state index < -0.39 is 40.1 Å². The van der Waals surface area contributed by atoms with Crippen LogP contribution in [0.4, 0.5) is 5.69 Å². The Kier molecular flexibility index (Phi) is 6.55. The van der Waals surface area contributed by atoms with E-state index >= 15 is 0 Å². The van der Waals surface area contributed by atoms with Gasteiger partial charge in [0.05, 0.1) is 29.8 Å². The Balaban J connectivity index is 1.91. The molecule has 12 heteroatoms. The van der Waals surface area contributed by atoms with Gasteiger partial charge in [-0.3, -0.25) is 14.4 Å². The number of hydrogen-bond donors (Lipinski definition) is 1. The van der Waals surface area contributed by atoms with Crippen LogP contribution in [0.1, 0.15) is 17.0 Å². The number of carbonyl (C=O) groups is 3. The Labute approximate surface area is 178 Å². The fourth-order valence-electron chi connectivity index (χ4n) is 3.21. The minimum Gasteiger partial charge on any atom is -0.459 e. The van der Waals surface area contributed by atoms with Gasteiger partial charge in [-0.2, -0.15) is 0 Å². The minimum absolute atomic E-state index is 0.0119. The average Bonchev–Trinajstić information content (AvgIpc) is 3.36. The van der Waals surface area contributed by atoms with Crippen molar-refractivity contribution in [3.05, 3.63) is 48.4 Å². The number of furan rings is 1. The average molecular weight is 451 g/mol. The van der Waals surface area contributed by atoms with Crippen LogP contribution in [-0.2, 0) is 29.1 Å². The summed E-state index contributed by atoms with van der Waals surface area (Å²) in [6.45, 7) is -0.131. The number of ether oxygens (including phenoxy) is 2. The van der Waals surface area contributed by atoms with E-state index in [0.717, 1.165) is 9.80 Å². The number of amides is 3. The van der Waals surface area contributed by atoms with Crippen molar-refractivity contribution in [1.29, 1.82) is 0 Å². The summed E-state index contributed by atoms with van der Waals surface area (Å²) in [5.41, 5.74) is 0.158. The Hall–Kier alpha value is -3.06. The summed E-state index contributed by atoms with van der Waals surface area (Å²) in [4.78, 5) is 40.6. The molecule has 0 aliphatic carbocycles. The SMILES string of the molecule is COC(CN(C(=O)c1ccco1)C1CC(=O)N(c2ccc(S(N)(=O)=O)cc2)C1=O)OC. The van der Waals surface area contributed by atoms with Crippen molar-refractivity contribution in [2.24, 2.45) is 5.14 Å². The molecule has 0 spiro atoms. The predicted octanol–water partition coefficient (Wildman–Crippen LogP) is 0.320. The molecule has 1 atom stereocenters. The molecule has 1 unspecified atom stereocenters. The quantitative estimate of drug-likeness (QED) is 0.445. The molecule has 0 saturated carbocycles. The van der Waals surface area contributed by atoms with Crippen molar-refractivity contribution in [2.75, 3.05) is 25.7 Å². The molecule has 2 N–H and O–H groups in total. The smallest absolute Gasteiger partial charge is 0.290 e. The molecule has 1 aliphatic heterocycles. The molecule has 1 aromatic heterocycles. The first-order valence-corrected chi connectivity index (χ1v) is 10.6. The molecule has 1 aliphatic rings. The number of rotatable bonds is 8. The fraction of sp³-hybridized carbons (Fsp3) is 0.316. The highest BCUT2D eigenvalue weighted by Crippen LogP contribution is 2.28. The van der Waals surface area contributed by atoms with E-state index in [-0.39, 0.29) is 29.3 Å². The second kappa shape index (κ2) is 8.98. The van der Waals surface area contributed by atoms with Crippen LogP contribution in [0.2, 0.25) is 0 Å². The summed E-state index contributed by atoms with van der Waals surface area (Å²) in [6.07, 6.45) is 0.198. The van der Waals surface area contributed by atoms with Gasteiger partial charge < -0.3 is 18.8 Å². The van der Waals surface area contributed by atoms with E-state index in [4.69, 9.17) is 19.0 Å². The third kappa shape index (κ3) is 4.66. The number of benzene rings is 1. The Morgan fingerprint density at radius 3 is 2.39 bits per heavy atom. The third-order valence-corrected chi connectivity index (χ3v) is 5.72. The molecule has 3 amide bonds. The number of carbonyl (C=O) groups excluding carboxylic acids is 3. The van der Waals surface area contributed by atoms with Gasteiger partial charge in [-0.1, -0.05) is 0 Å². The predicted molar refractivity (Wildman–Crippen MR) is 106 cm³/mol. The van der Waals surface area contributed by atoms with Gasteiger partial charge in [-0.25, -0.2) is 18.5 Å². The van der Waals surface area contributed by atoms with E-state index in [1.54, 1.807) is 0 Å². The third-order valence-electron chi connectivity index (χ3n) is 4.79. The van der Waals surface area contributed by atoms with Gasteiger partial charge in [0.25, 0.3) is 11.8 Å². The summed E-state index contributed by atoms with van der Waals surface area (Å²) in [5, 5.41) is 5.08. The van der Waals surface area contributed by atoms with E-state index in [1.165, 1.54) is 56.9 Å². The summed E-state index contributed by atoms with van der Waals surface area (Å²) < 4.78 is 38.3. The lowest BCUT2D eigenvalue weighted by Crippen LogP contribution is -2.49. The first-order chi connectivity index (χ1) is 14.7. The molecule has 1 aromatic carbocycles. The molecule has 3 rings (SSSR count). The first-order valence-electron chi connectivity index (χ1n) is 9.07. The highest BCUT2D eigenvalue weighted by molar-refractivity contribution is 7.89. The van der Waals surface area contributed by atoms with Crippen LogP contribution < -0.4 is 10.0 Å². The van der Waals surface area contributed by atoms with Crippen molar-refractivity contribution in [3.63, 3.8) is 0 Å². The van der Waals surface area contributed by atoms with Crippen molar-refractivity contribution >= 4 is 33.4 Å². The van der Waals surface area contributed by atoms with Crippen LogP contribution in [-0.4, -0.2) is 64.1 Å². The second-order valence-corrected chi connectivity index (χ2v) is 8.22. The van der Waals surface area contributed by atoms with Crippen LogP contribution in [0, 0.1) is 0 Å². The number of nitrogens with zero attached hydrogens (tertiary/aromatic N) is 2. The van der Waals surface area contributed by atoms with Crippen LogP contribution in [0.15, 0.2) is 52.0 Å². The lowest BCUT2D eigenvalue weighted by atomic mass is 10.2. The van der Waals surface area contributed by atoms with Crippen LogP contribution in [0.3, 0.4) is 0 Å². The maximum absolute atomic E-state index is 13.1. The van der Waals surface area contributed by atoms with E-state index in [9.17, 15) is 22.8 Å². The van der Waals surface area contributed by atoms with Gasteiger partial charge in [0.15, 0.2) is 12.1 Å². The molecular weight excluding hydrogens is 430 g/mol. The first kappa shape index (κ1) is 22.6. The number of anilines is 1. The van der Waals surface area contributed by atoms with Gasteiger partial charge in [0, 0.05) is 14.2 Å². The molecule has 0 bridgehead atoms. The number of hydrogen-bond acceptors (Lipinski definition) is 8. The summed E-state index contributed by atoms with van der Waals surface area (Å²) in [6, 6.07) is 6.81. The maximum Gasteiger partial charge on any atom is 0.290 e. The Morgan fingerprint density at radius 2 is 1.87 bits per heavy atom. The zero-order chi connectivity index (χ0) is 22.8. The Bertz CT molecular complexity index is 1060. The Morgan fingerprint density at radius 1 is 1.23 bits per heavy atom. The molecule has 2 heterocycles. The minimum atomic E-state index is -3.93. The lowest BCUT2D eigenvalue weighted by Gasteiger charge is -2.29. The highest BCUT2D eigenvalue weighted by atomic mass is 32.2. The van der Waals surface area contributed by atoms with E-state index in [1.807, 2.05) is 0 Å². The number of sulfonamides is 1. The van der Waals surface area contributed by atoms with E-state index in [0.29, 0.717) is 0 Å². The molecule has 1 saturated heterocycles. The molecular formula is C19H21N3O8S. The largest absolute Gasteiger partial charge is 0.459 e. The zero-order valence-electron chi connectivity index (χ0n) is 16.8. The van der Waals surface area contributed by atoms with Crippen molar-refractivity contribution in [3.8, 4) is 0 Å². The van der Waals surface area contributed by atoms with Crippen molar-refractivity contribution in [1.82, 2.24) is 4.90 Å². The van der Waals surface area contributed by atoms with Gasteiger partial charge in [-0.05, 0) is 36.4 Å². The fourth-order valence-corrected chi connectivity index (χ4v) is 3.73. The van der Waals surface area contributed by atoms with Gasteiger partial charge in [0.1, 0.15) is 6.04 Å². The number of methoxy groups -OCH3 is 2. The van der Waals surface area contributed by atoms with Crippen molar-refractivity contribution in [2.45, 2.75) is 23.6 Å². The molecule has 31 heavy (non-hydrogen) atoms. The highest BCUT2D eigenvalue weighted by Gasteiger charge is 2.45. The zero-order valence-corrected chi connectivity index (χ0v) is 17.6. The molecule has 1 fully saturated rings. The summed E-state index contributed by atoms with van der Waals surface area (Å²) >= 11 is 0. The molecule has 11 nitrogen and oxygen atoms in total. The lowest BCUT2D eigenvalue weighted by molar-refractivity contribution is -0.128. The van der Waals surface area contributed by atoms with Crippen LogP contribution in [0.5, 0.6) is 0 Å². The number of imide groups is 1. The maximum atomic E-state index is 13.1. The standard InChI is InChI=1S/C19H21N3O8S/c1-28-17(29-2)11-21(19(25)15-4-3-9-30-15)14-10-16(23)22(18(14)24)12-5-7-13(8-6-12)31(20,26)27/h3-9,14,17H,10-11H2,1-2H3,(H2,20,26,27). The number of primary sulfonamides is 1. The molecule has 166 valence electrons. The van der Waals surface area contributed by atoms with Gasteiger partial charge in [0.2, 0.25) is 15.9 Å². The molecule has 0 radical (unpaired) electrons. The van der Waals surface area contributed by atoms with E-state index in [2.05, 4.69) is 0 Å². The second-order valence-electron chi connectivity index (χ2n) is 6.66. The summed E-state index contributed by atoms with van der Waals surface area (Å²) in [7, 11) is -1.17.